The smallest absolute Gasteiger partial charge is 0.0435 e. The molecule has 1 aliphatic rings. The molecule has 0 radical (unpaired) electrons. The minimum absolute atomic E-state index is 0.504. The molecule has 3 rings (SSSR count). The first kappa shape index (κ1) is 18.0. The molecule has 1 heteroatoms. The van der Waals surface area contributed by atoms with Crippen LogP contribution >= 0.6 is 0 Å². The van der Waals surface area contributed by atoms with Crippen molar-refractivity contribution in [2.45, 2.75) is 66.2 Å². The normalized spacial score (nSPS) is 21.3. The average molecular weight is 312 g/mol. The molecule has 0 saturated heterocycles. The fourth-order valence-electron chi connectivity index (χ4n) is 3.37. The zero-order valence-electron chi connectivity index (χ0n) is 15.5. The fraction of sp³-hybridized carbons (Fsp3) is 0.591. The number of fused-ring (bicyclic) bond motifs is 1. The zero-order chi connectivity index (χ0) is 16.8. The summed E-state index contributed by atoms with van der Waals surface area (Å²) < 4.78 is 0. The van der Waals surface area contributed by atoms with Crippen molar-refractivity contribution in [1.82, 2.24) is 4.98 Å². The lowest BCUT2D eigenvalue weighted by molar-refractivity contribution is 0.234. The molecule has 0 aliphatic heterocycles. The molecule has 1 fully saturated rings. The van der Waals surface area contributed by atoms with Crippen molar-refractivity contribution in [3.63, 3.8) is 0 Å². The summed E-state index contributed by atoms with van der Waals surface area (Å²) in [6.45, 7) is 11.4. The maximum absolute atomic E-state index is 4.41. The first-order chi connectivity index (χ1) is 11.0. The molecule has 1 aromatic carbocycles. The van der Waals surface area contributed by atoms with Crippen molar-refractivity contribution in [3.8, 4) is 0 Å². The van der Waals surface area contributed by atoms with Gasteiger partial charge in [0.1, 0.15) is 0 Å². The van der Waals surface area contributed by atoms with E-state index in [2.05, 4.69) is 63.9 Å². The van der Waals surface area contributed by atoms with Gasteiger partial charge in [-0.1, -0.05) is 71.7 Å². The van der Waals surface area contributed by atoms with Gasteiger partial charge in [-0.05, 0) is 48.0 Å². The quantitative estimate of drug-likeness (QED) is 0.592. The van der Waals surface area contributed by atoms with E-state index in [4.69, 9.17) is 0 Å². The van der Waals surface area contributed by atoms with Crippen molar-refractivity contribution in [2.24, 2.45) is 17.8 Å². The van der Waals surface area contributed by atoms with E-state index in [-0.39, 0.29) is 0 Å². The molecule has 1 heterocycles. The molecule has 23 heavy (non-hydrogen) atoms. The minimum Gasteiger partial charge on any atom is -0.260 e. The summed E-state index contributed by atoms with van der Waals surface area (Å²) >= 11 is 0. The summed E-state index contributed by atoms with van der Waals surface area (Å²) in [6.07, 6.45) is 7.87. The summed E-state index contributed by atoms with van der Waals surface area (Å²) in [5.41, 5.74) is 1.17. The van der Waals surface area contributed by atoms with Crippen LogP contribution in [0.25, 0.3) is 10.8 Å². The van der Waals surface area contributed by atoms with Gasteiger partial charge in [-0.2, -0.15) is 0 Å². The summed E-state index contributed by atoms with van der Waals surface area (Å²) in [4.78, 5) is 4.41. The third-order valence-electron chi connectivity index (χ3n) is 5.25. The van der Waals surface area contributed by atoms with E-state index < -0.39 is 0 Å². The second-order valence-electron chi connectivity index (χ2n) is 7.87. The van der Waals surface area contributed by atoms with Gasteiger partial charge < -0.3 is 0 Å². The number of nitrogens with zero attached hydrogens (tertiary/aromatic N) is 1. The van der Waals surface area contributed by atoms with E-state index >= 15 is 0 Å². The molecule has 0 spiro atoms. The molecule has 0 atom stereocenters. The Hall–Kier alpha value is -1.37. The predicted molar refractivity (Wildman–Crippen MR) is 102 cm³/mol. The van der Waals surface area contributed by atoms with Crippen LogP contribution in [0, 0.1) is 17.8 Å². The molecule has 1 aromatic heterocycles. The molecule has 126 valence electrons. The van der Waals surface area contributed by atoms with Gasteiger partial charge in [-0.15, -0.1) is 0 Å². The van der Waals surface area contributed by atoms with Crippen LogP contribution in [0.2, 0.25) is 0 Å². The summed E-state index contributed by atoms with van der Waals surface area (Å²) in [5, 5.41) is 2.49. The highest BCUT2D eigenvalue weighted by Crippen LogP contribution is 2.32. The van der Waals surface area contributed by atoms with Gasteiger partial charge in [0.25, 0.3) is 0 Å². The van der Waals surface area contributed by atoms with Gasteiger partial charge in [0.15, 0.2) is 0 Å². The molecule has 0 amide bonds. The van der Waals surface area contributed by atoms with E-state index in [1.807, 2.05) is 12.3 Å². The van der Waals surface area contributed by atoms with Crippen molar-refractivity contribution in [3.05, 3.63) is 42.2 Å². The van der Waals surface area contributed by atoms with Gasteiger partial charge in [0, 0.05) is 17.3 Å². The van der Waals surface area contributed by atoms with Gasteiger partial charge in [0.05, 0.1) is 0 Å². The Kier molecular flexibility index (Phi) is 6.62. The Labute approximate surface area is 142 Å². The highest BCUT2D eigenvalue weighted by atomic mass is 14.7. The Morgan fingerprint density at radius 2 is 1.52 bits per heavy atom. The standard InChI is InChI=1S/C12H13N.C10H20/c1-9(2)12-7-10-5-3-4-6-11(10)8-13-12;1-8(2)10-6-4-9(3)5-7-10/h3-9H,1-2H3;8-10H,4-7H2,1-3H3. The molecule has 0 bridgehead atoms. The Bertz CT molecular complexity index is 592. The van der Waals surface area contributed by atoms with Crippen LogP contribution in [0.5, 0.6) is 0 Å². The lowest BCUT2D eigenvalue weighted by Gasteiger charge is -2.28. The van der Waals surface area contributed by atoms with Crippen LogP contribution in [-0.4, -0.2) is 4.98 Å². The minimum atomic E-state index is 0.504. The lowest BCUT2D eigenvalue weighted by atomic mass is 9.78. The summed E-state index contributed by atoms with van der Waals surface area (Å²) in [5.74, 6) is 3.48. The number of benzene rings is 1. The van der Waals surface area contributed by atoms with E-state index in [1.165, 1.54) is 42.1 Å². The van der Waals surface area contributed by atoms with Crippen LogP contribution < -0.4 is 0 Å². The van der Waals surface area contributed by atoms with Crippen LogP contribution in [-0.2, 0) is 0 Å². The number of pyridine rings is 1. The van der Waals surface area contributed by atoms with Crippen molar-refractivity contribution >= 4 is 10.8 Å². The van der Waals surface area contributed by atoms with Gasteiger partial charge >= 0.3 is 0 Å². The summed E-state index contributed by atoms with van der Waals surface area (Å²) in [7, 11) is 0. The molecular formula is C22H33N. The topological polar surface area (TPSA) is 12.9 Å². The Morgan fingerprint density at radius 3 is 2.09 bits per heavy atom. The van der Waals surface area contributed by atoms with Gasteiger partial charge in [-0.25, -0.2) is 0 Å². The third-order valence-corrected chi connectivity index (χ3v) is 5.25. The molecule has 1 nitrogen and oxygen atoms in total. The van der Waals surface area contributed by atoms with Crippen LogP contribution in [0.15, 0.2) is 36.5 Å². The molecular weight excluding hydrogens is 278 g/mol. The second kappa shape index (κ2) is 8.47. The maximum atomic E-state index is 4.41. The number of hydrogen-bond donors (Lipinski definition) is 0. The van der Waals surface area contributed by atoms with Gasteiger partial charge in [0.2, 0.25) is 0 Å². The summed E-state index contributed by atoms with van der Waals surface area (Å²) in [6, 6.07) is 10.5. The largest absolute Gasteiger partial charge is 0.260 e. The third kappa shape index (κ3) is 5.34. The first-order valence-corrected chi connectivity index (χ1v) is 9.32. The van der Waals surface area contributed by atoms with Crippen LogP contribution in [0.4, 0.5) is 0 Å². The SMILES string of the molecule is CC(C)c1cc2ccccc2cn1.CC1CCC(C(C)C)CC1. The van der Waals surface area contributed by atoms with E-state index in [1.54, 1.807) is 0 Å². The van der Waals surface area contributed by atoms with Crippen LogP contribution in [0.3, 0.4) is 0 Å². The highest BCUT2D eigenvalue weighted by molar-refractivity contribution is 5.81. The van der Waals surface area contributed by atoms with E-state index in [9.17, 15) is 0 Å². The number of aromatic nitrogens is 1. The van der Waals surface area contributed by atoms with Crippen LogP contribution in [0.1, 0.15) is 71.9 Å². The Morgan fingerprint density at radius 1 is 0.913 bits per heavy atom. The highest BCUT2D eigenvalue weighted by Gasteiger charge is 2.20. The fourth-order valence-corrected chi connectivity index (χ4v) is 3.37. The molecule has 0 N–H and O–H groups in total. The zero-order valence-corrected chi connectivity index (χ0v) is 15.5. The molecule has 0 unspecified atom stereocenters. The lowest BCUT2D eigenvalue weighted by Crippen LogP contribution is -2.16. The van der Waals surface area contributed by atoms with Crippen molar-refractivity contribution in [2.75, 3.05) is 0 Å². The van der Waals surface area contributed by atoms with Crippen molar-refractivity contribution < 1.29 is 0 Å². The van der Waals surface area contributed by atoms with E-state index in [0.717, 1.165) is 17.8 Å². The molecule has 1 aliphatic carbocycles. The maximum Gasteiger partial charge on any atom is 0.0435 e. The first-order valence-electron chi connectivity index (χ1n) is 9.32. The molecule has 1 saturated carbocycles. The Balaban J connectivity index is 0.000000174. The second-order valence-corrected chi connectivity index (χ2v) is 7.87. The number of hydrogen-bond acceptors (Lipinski definition) is 1. The van der Waals surface area contributed by atoms with E-state index in [0.29, 0.717) is 5.92 Å². The predicted octanol–water partition coefficient (Wildman–Crippen LogP) is 6.83. The number of rotatable bonds is 2. The average Bonchev–Trinajstić information content (AvgIpc) is 2.55. The molecule has 2 aromatic rings. The van der Waals surface area contributed by atoms with Gasteiger partial charge in [-0.3, -0.25) is 4.98 Å². The van der Waals surface area contributed by atoms with Crippen molar-refractivity contribution in [1.29, 1.82) is 0 Å². The monoisotopic (exact) mass is 311 g/mol.